The maximum Gasteiger partial charge on any atom is 0.191 e. The average Bonchev–Trinajstić information content (AvgIpc) is 2.27. The quantitative estimate of drug-likeness (QED) is 0.908. The molecule has 1 aromatic heterocycles. The number of aromatic nitrogens is 2. The van der Waals surface area contributed by atoms with Crippen LogP contribution in [-0.4, -0.2) is 9.97 Å². The van der Waals surface area contributed by atoms with Gasteiger partial charge in [0.05, 0.1) is 0 Å². The van der Waals surface area contributed by atoms with Gasteiger partial charge in [-0.25, -0.2) is 18.7 Å². The Balaban J connectivity index is 2.16. The Labute approximate surface area is 102 Å². The fourth-order valence-electron chi connectivity index (χ4n) is 1.48. The molecule has 1 heterocycles. The van der Waals surface area contributed by atoms with Crippen molar-refractivity contribution in [3.8, 4) is 5.75 Å². The van der Waals surface area contributed by atoms with Crippen molar-refractivity contribution in [2.75, 3.05) is 5.73 Å². The number of benzene rings is 1. The lowest BCUT2D eigenvalue weighted by molar-refractivity contribution is 0.265. The van der Waals surface area contributed by atoms with Gasteiger partial charge in [0.2, 0.25) is 0 Å². The molecule has 0 aliphatic carbocycles. The highest BCUT2D eigenvalue weighted by Gasteiger charge is 2.10. The SMILES string of the molecule is Cc1cc(N)nc(COc2c(F)cccc2F)n1. The summed E-state index contributed by atoms with van der Waals surface area (Å²) < 4.78 is 31.6. The summed E-state index contributed by atoms with van der Waals surface area (Å²) >= 11 is 0. The topological polar surface area (TPSA) is 61.0 Å². The van der Waals surface area contributed by atoms with Crippen molar-refractivity contribution in [2.24, 2.45) is 0 Å². The van der Waals surface area contributed by atoms with Crippen LogP contribution < -0.4 is 10.5 Å². The lowest BCUT2D eigenvalue weighted by atomic mass is 10.3. The minimum absolute atomic E-state index is 0.149. The van der Waals surface area contributed by atoms with Crippen molar-refractivity contribution in [1.82, 2.24) is 9.97 Å². The van der Waals surface area contributed by atoms with Crippen molar-refractivity contribution in [3.63, 3.8) is 0 Å². The van der Waals surface area contributed by atoms with Crippen molar-refractivity contribution >= 4 is 5.82 Å². The molecule has 1 aromatic carbocycles. The third-order valence-corrected chi connectivity index (χ3v) is 2.18. The van der Waals surface area contributed by atoms with E-state index >= 15 is 0 Å². The fraction of sp³-hybridized carbons (Fsp3) is 0.167. The molecular weight excluding hydrogens is 240 g/mol. The van der Waals surface area contributed by atoms with Gasteiger partial charge >= 0.3 is 0 Å². The summed E-state index contributed by atoms with van der Waals surface area (Å²) in [5, 5.41) is 0. The Bertz CT molecular complexity index is 535. The van der Waals surface area contributed by atoms with Crippen LogP contribution in [0.4, 0.5) is 14.6 Å². The Morgan fingerprint density at radius 3 is 2.50 bits per heavy atom. The summed E-state index contributed by atoms with van der Waals surface area (Å²) in [5.41, 5.74) is 6.20. The summed E-state index contributed by atoms with van der Waals surface area (Å²) in [6.07, 6.45) is 0. The van der Waals surface area contributed by atoms with E-state index in [1.54, 1.807) is 13.0 Å². The van der Waals surface area contributed by atoms with E-state index in [0.29, 0.717) is 5.69 Å². The van der Waals surface area contributed by atoms with Crippen LogP contribution in [0.2, 0.25) is 0 Å². The number of ether oxygens (including phenoxy) is 1. The minimum atomic E-state index is -0.768. The van der Waals surface area contributed by atoms with E-state index < -0.39 is 17.4 Å². The molecule has 0 aliphatic heterocycles. The summed E-state index contributed by atoms with van der Waals surface area (Å²) in [6, 6.07) is 5.08. The lowest BCUT2D eigenvalue weighted by Gasteiger charge is -2.08. The first kappa shape index (κ1) is 12.2. The van der Waals surface area contributed by atoms with Crippen LogP contribution in [0.5, 0.6) is 5.75 Å². The van der Waals surface area contributed by atoms with Gasteiger partial charge in [-0.1, -0.05) is 6.07 Å². The van der Waals surface area contributed by atoms with E-state index in [1.807, 2.05) is 0 Å². The number of para-hydroxylation sites is 1. The van der Waals surface area contributed by atoms with Gasteiger partial charge in [0.15, 0.2) is 23.2 Å². The maximum atomic E-state index is 13.3. The number of hydrogen-bond donors (Lipinski definition) is 1. The number of aryl methyl sites for hydroxylation is 1. The second-order valence-corrected chi connectivity index (χ2v) is 3.69. The van der Waals surface area contributed by atoms with Gasteiger partial charge in [0.25, 0.3) is 0 Å². The van der Waals surface area contributed by atoms with E-state index in [1.165, 1.54) is 6.07 Å². The molecule has 0 fully saturated rings. The van der Waals surface area contributed by atoms with Crippen LogP contribution >= 0.6 is 0 Å². The molecule has 4 nitrogen and oxygen atoms in total. The van der Waals surface area contributed by atoms with Crippen molar-refractivity contribution in [1.29, 1.82) is 0 Å². The maximum absolute atomic E-state index is 13.3. The first-order valence-electron chi connectivity index (χ1n) is 5.23. The van der Waals surface area contributed by atoms with Crippen LogP contribution in [0, 0.1) is 18.6 Å². The van der Waals surface area contributed by atoms with E-state index in [4.69, 9.17) is 10.5 Å². The molecule has 0 radical (unpaired) electrons. The summed E-state index contributed by atoms with van der Waals surface area (Å²) in [7, 11) is 0. The molecule has 2 aromatic rings. The third kappa shape index (κ3) is 2.71. The molecule has 2 N–H and O–H groups in total. The Hall–Kier alpha value is -2.24. The van der Waals surface area contributed by atoms with Crippen molar-refractivity contribution in [2.45, 2.75) is 13.5 Å². The average molecular weight is 251 g/mol. The molecule has 94 valence electrons. The van der Waals surface area contributed by atoms with Gasteiger partial charge in [-0.05, 0) is 19.1 Å². The Morgan fingerprint density at radius 2 is 1.89 bits per heavy atom. The van der Waals surface area contributed by atoms with E-state index in [0.717, 1.165) is 12.1 Å². The monoisotopic (exact) mass is 251 g/mol. The summed E-state index contributed by atoms with van der Waals surface area (Å²) in [5.74, 6) is -1.42. The predicted octanol–water partition coefficient (Wildman–Crippen LogP) is 2.22. The highest BCUT2D eigenvalue weighted by Crippen LogP contribution is 2.21. The molecule has 0 atom stereocenters. The van der Waals surface area contributed by atoms with Crippen molar-refractivity contribution < 1.29 is 13.5 Å². The molecule has 18 heavy (non-hydrogen) atoms. The van der Waals surface area contributed by atoms with E-state index in [2.05, 4.69) is 9.97 Å². The van der Waals surface area contributed by atoms with Gasteiger partial charge in [-0.3, -0.25) is 0 Å². The molecule has 6 heteroatoms. The zero-order valence-electron chi connectivity index (χ0n) is 9.65. The Kier molecular flexibility index (Phi) is 3.36. The normalized spacial score (nSPS) is 10.4. The van der Waals surface area contributed by atoms with E-state index in [-0.39, 0.29) is 18.2 Å². The lowest BCUT2D eigenvalue weighted by Crippen LogP contribution is -2.06. The standard InChI is InChI=1S/C12H11F2N3O/c1-7-5-10(15)17-11(16-7)6-18-12-8(13)3-2-4-9(12)14/h2-5H,6H2,1H3,(H2,15,16,17). The highest BCUT2D eigenvalue weighted by molar-refractivity contribution is 5.29. The van der Waals surface area contributed by atoms with Crippen LogP contribution in [0.3, 0.4) is 0 Å². The predicted molar refractivity (Wildman–Crippen MR) is 61.9 cm³/mol. The minimum Gasteiger partial charge on any atom is -0.479 e. The van der Waals surface area contributed by atoms with Crippen LogP contribution in [0.1, 0.15) is 11.5 Å². The van der Waals surface area contributed by atoms with Gasteiger partial charge in [-0.15, -0.1) is 0 Å². The second kappa shape index (κ2) is 4.95. The zero-order chi connectivity index (χ0) is 13.1. The largest absolute Gasteiger partial charge is 0.479 e. The fourth-order valence-corrected chi connectivity index (χ4v) is 1.48. The van der Waals surface area contributed by atoms with Crippen molar-refractivity contribution in [3.05, 3.63) is 47.4 Å². The number of hydrogen-bond acceptors (Lipinski definition) is 4. The molecule has 0 amide bonds. The molecule has 0 spiro atoms. The smallest absolute Gasteiger partial charge is 0.191 e. The van der Waals surface area contributed by atoms with Gasteiger partial charge in [-0.2, -0.15) is 0 Å². The Morgan fingerprint density at radius 1 is 1.22 bits per heavy atom. The number of nitrogens with two attached hydrogens (primary N) is 1. The molecule has 2 rings (SSSR count). The summed E-state index contributed by atoms with van der Waals surface area (Å²) in [4.78, 5) is 7.95. The van der Waals surface area contributed by atoms with E-state index in [9.17, 15) is 8.78 Å². The second-order valence-electron chi connectivity index (χ2n) is 3.69. The third-order valence-electron chi connectivity index (χ3n) is 2.18. The molecular formula is C12H11F2N3O. The van der Waals surface area contributed by atoms with Crippen LogP contribution in [0.25, 0.3) is 0 Å². The molecule has 0 saturated heterocycles. The number of anilines is 1. The number of nitrogen functional groups attached to an aromatic ring is 1. The molecule has 0 aliphatic rings. The van der Waals surface area contributed by atoms with Gasteiger partial charge in [0.1, 0.15) is 12.4 Å². The van der Waals surface area contributed by atoms with Gasteiger partial charge < -0.3 is 10.5 Å². The van der Waals surface area contributed by atoms with Crippen LogP contribution in [-0.2, 0) is 6.61 Å². The number of rotatable bonds is 3. The molecule has 0 bridgehead atoms. The molecule has 0 unspecified atom stereocenters. The first-order chi connectivity index (χ1) is 8.56. The number of nitrogens with zero attached hydrogens (tertiary/aromatic N) is 2. The summed E-state index contributed by atoms with van der Waals surface area (Å²) in [6.45, 7) is 1.59. The molecule has 0 saturated carbocycles. The first-order valence-corrected chi connectivity index (χ1v) is 5.23. The van der Waals surface area contributed by atoms with Crippen LogP contribution in [0.15, 0.2) is 24.3 Å². The zero-order valence-corrected chi connectivity index (χ0v) is 9.65. The highest BCUT2D eigenvalue weighted by atomic mass is 19.1. The van der Waals surface area contributed by atoms with Gasteiger partial charge in [0, 0.05) is 11.8 Å². The number of halogens is 2.